The van der Waals surface area contributed by atoms with Gasteiger partial charge in [-0.05, 0) is 63.9 Å². The fourth-order valence-corrected chi connectivity index (χ4v) is 4.01. The van der Waals surface area contributed by atoms with E-state index < -0.39 is 0 Å². The average Bonchev–Trinajstić information content (AvgIpc) is 2.59. The minimum atomic E-state index is 0.264. The lowest BCUT2D eigenvalue weighted by molar-refractivity contribution is 0.482. The number of allylic oxidation sites excluding steroid dienone is 4. The van der Waals surface area contributed by atoms with Gasteiger partial charge < -0.3 is 0 Å². The molecule has 126 valence electrons. The van der Waals surface area contributed by atoms with E-state index >= 15 is 0 Å². The SMILES string of the molecule is Cc1ccc2c(C3=CC=C(C(C)(C)C)CC3)c3ccccc3cc2c1. The Hall–Kier alpha value is -2.34. The summed E-state index contributed by atoms with van der Waals surface area (Å²) in [6.45, 7) is 9.11. The van der Waals surface area contributed by atoms with Crippen molar-refractivity contribution >= 4 is 27.1 Å². The lowest BCUT2D eigenvalue weighted by Crippen LogP contribution is -2.11. The van der Waals surface area contributed by atoms with Crippen LogP contribution in [-0.2, 0) is 0 Å². The Morgan fingerprint density at radius 2 is 1.52 bits per heavy atom. The van der Waals surface area contributed by atoms with Crippen LogP contribution in [0.5, 0.6) is 0 Å². The van der Waals surface area contributed by atoms with Crippen LogP contribution in [0.1, 0.15) is 44.7 Å². The van der Waals surface area contributed by atoms with Crippen molar-refractivity contribution in [3.63, 3.8) is 0 Å². The molecule has 3 aromatic carbocycles. The number of hydrogen-bond donors (Lipinski definition) is 0. The van der Waals surface area contributed by atoms with Crippen LogP contribution in [0.4, 0.5) is 0 Å². The van der Waals surface area contributed by atoms with Gasteiger partial charge in [-0.15, -0.1) is 0 Å². The zero-order chi connectivity index (χ0) is 17.6. The maximum absolute atomic E-state index is 2.37. The third kappa shape index (κ3) is 2.91. The number of benzene rings is 3. The number of rotatable bonds is 1. The quantitative estimate of drug-likeness (QED) is 0.407. The molecule has 0 atom stereocenters. The summed E-state index contributed by atoms with van der Waals surface area (Å²) in [5.74, 6) is 0. The van der Waals surface area contributed by atoms with Crippen molar-refractivity contribution < 1.29 is 0 Å². The van der Waals surface area contributed by atoms with Gasteiger partial charge in [-0.3, -0.25) is 0 Å². The normalized spacial score (nSPS) is 15.4. The van der Waals surface area contributed by atoms with E-state index in [4.69, 9.17) is 0 Å². The Morgan fingerprint density at radius 3 is 2.24 bits per heavy atom. The molecule has 0 saturated carbocycles. The second-order valence-electron chi connectivity index (χ2n) is 8.33. The Labute approximate surface area is 150 Å². The van der Waals surface area contributed by atoms with Gasteiger partial charge in [0.2, 0.25) is 0 Å². The molecule has 1 aliphatic carbocycles. The fraction of sp³-hybridized carbons (Fsp3) is 0.280. The Balaban J connectivity index is 1.99. The molecule has 0 N–H and O–H groups in total. The van der Waals surface area contributed by atoms with Gasteiger partial charge in [0, 0.05) is 0 Å². The molecule has 0 unspecified atom stereocenters. The lowest BCUT2D eigenvalue weighted by atomic mass is 9.78. The van der Waals surface area contributed by atoms with E-state index in [0.717, 1.165) is 12.8 Å². The average molecular weight is 326 g/mol. The van der Waals surface area contributed by atoms with Crippen LogP contribution in [-0.4, -0.2) is 0 Å². The second-order valence-corrected chi connectivity index (χ2v) is 8.33. The smallest absolute Gasteiger partial charge is 0.00672 e. The van der Waals surface area contributed by atoms with Crippen molar-refractivity contribution in [3.8, 4) is 0 Å². The summed E-state index contributed by atoms with van der Waals surface area (Å²) >= 11 is 0. The molecular weight excluding hydrogens is 300 g/mol. The summed E-state index contributed by atoms with van der Waals surface area (Å²) in [4.78, 5) is 0. The van der Waals surface area contributed by atoms with Gasteiger partial charge in [0.15, 0.2) is 0 Å². The highest BCUT2D eigenvalue weighted by Crippen LogP contribution is 2.40. The molecule has 3 aromatic rings. The Kier molecular flexibility index (Phi) is 3.80. The first-order chi connectivity index (χ1) is 11.9. The number of hydrogen-bond acceptors (Lipinski definition) is 0. The van der Waals surface area contributed by atoms with E-state index in [2.05, 4.69) is 88.4 Å². The highest BCUT2D eigenvalue weighted by Gasteiger charge is 2.21. The topological polar surface area (TPSA) is 0 Å². The molecule has 0 heterocycles. The van der Waals surface area contributed by atoms with Crippen LogP contribution in [0.15, 0.2) is 66.3 Å². The summed E-state index contributed by atoms with van der Waals surface area (Å²) in [6, 6.07) is 18.0. The largest absolute Gasteiger partial charge is 0.0645 e. The van der Waals surface area contributed by atoms with Crippen LogP contribution < -0.4 is 0 Å². The standard InChI is InChI=1S/C25H26/c1-17-9-14-23-20(15-17)16-19-7-5-6-8-22(19)24(23)18-10-12-21(13-11-18)25(2,3)4/h5-10,12,14-16H,11,13H2,1-4H3. The highest BCUT2D eigenvalue weighted by molar-refractivity contribution is 6.09. The molecule has 0 aromatic heterocycles. The number of fused-ring (bicyclic) bond motifs is 2. The predicted molar refractivity (Wildman–Crippen MR) is 111 cm³/mol. The molecule has 0 fully saturated rings. The molecule has 0 saturated heterocycles. The summed E-state index contributed by atoms with van der Waals surface area (Å²) in [5.41, 5.74) is 6.04. The molecule has 0 spiro atoms. The maximum Gasteiger partial charge on any atom is -0.00672 e. The first-order valence-corrected chi connectivity index (χ1v) is 9.26. The Bertz CT molecular complexity index is 1020. The van der Waals surface area contributed by atoms with Crippen molar-refractivity contribution in [2.75, 3.05) is 0 Å². The summed E-state index contributed by atoms with van der Waals surface area (Å²) in [7, 11) is 0. The second kappa shape index (κ2) is 5.88. The van der Waals surface area contributed by atoms with Crippen molar-refractivity contribution in [1.29, 1.82) is 0 Å². The third-order valence-electron chi connectivity index (χ3n) is 5.45. The third-order valence-corrected chi connectivity index (χ3v) is 5.45. The minimum absolute atomic E-state index is 0.264. The monoisotopic (exact) mass is 326 g/mol. The molecular formula is C25H26. The molecule has 0 amide bonds. The van der Waals surface area contributed by atoms with Crippen molar-refractivity contribution in [3.05, 3.63) is 77.4 Å². The van der Waals surface area contributed by atoms with Gasteiger partial charge in [0.25, 0.3) is 0 Å². The summed E-state index contributed by atoms with van der Waals surface area (Å²) in [5, 5.41) is 5.43. The molecule has 0 bridgehead atoms. The molecule has 0 radical (unpaired) electrons. The maximum atomic E-state index is 2.37. The van der Waals surface area contributed by atoms with Crippen molar-refractivity contribution in [2.24, 2.45) is 5.41 Å². The predicted octanol–water partition coefficient (Wildman–Crippen LogP) is 7.45. The van der Waals surface area contributed by atoms with E-state index in [-0.39, 0.29) is 5.41 Å². The van der Waals surface area contributed by atoms with E-state index in [1.165, 1.54) is 38.2 Å². The van der Waals surface area contributed by atoms with Gasteiger partial charge >= 0.3 is 0 Å². The minimum Gasteiger partial charge on any atom is -0.0645 e. The molecule has 0 aliphatic heterocycles. The zero-order valence-corrected chi connectivity index (χ0v) is 15.7. The van der Waals surface area contributed by atoms with Crippen LogP contribution >= 0.6 is 0 Å². The molecule has 0 heteroatoms. The van der Waals surface area contributed by atoms with E-state index in [1.54, 1.807) is 5.57 Å². The zero-order valence-electron chi connectivity index (χ0n) is 15.7. The van der Waals surface area contributed by atoms with E-state index in [9.17, 15) is 0 Å². The summed E-state index contributed by atoms with van der Waals surface area (Å²) < 4.78 is 0. The van der Waals surface area contributed by atoms with E-state index in [0.29, 0.717) is 0 Å². The molecule has 4 rings (SSSR count). The highest BCUT2D eigenvalue weighted by atomic mass is 14.3. The van der Waals surface area contributed by atoms with Crippen LogP contribution in [0.2, 0.25) is 0 Å². The van der Waals surface area contributed by atoms with Crippen LogP contribution in [0, 0.1) is 12.3 Å². The van der Waals surface area contributed by atoms with Gasteiger partial charge in [0.05, 0.1) is 0 Å². The van der Waals surface area contributed by atoms with Gasteiger partial charge in [-0.25, -0.2) is 0 Å². The molecule has 0 nitrogen and oxygen atoms in total. The number of aryl methyl sites for hydroxylation is 1. The van der Waals surface area contributed by atoms with Gasteiger partial charge in [0.1, 0.15) is 0 Å². The molecule has 25 heavy (non-hydrogen) atoms. The van der Waals surface area contributed by atoms with Crippen LogP contribution in [0.3, 0.4) is 0 Å². The Morgan fingerprint density at radius 1 is 0.760 bits per heavy atom. The molecule has 1 aliphatic rings. The summed E-state index contributed by atoms with van der Waals surface area (Å²) in [6.07, 6.45) is 7.01. The van der Waals surface area contributed by atoms with Gasteiger partial charge in [-0.2, -0.15) is 0 Å². The van der Waals surface area contributed by atoms with Crippen molar-refractivity contribution in [1.82, 2.24) is 0 Å². The van der Waals surface area contributed by atoms with E-state index in [1.807, 2.05) is 0 Å². The lowest BCUT2D eigenvalue weighted by Gasteiger charge is -2.27. The van der Waals surface area contributed by atoms with Gasteiger partial charge in [-0.1, -0.05) is 86.5 Å². The van der Waals surface area contributed by atoms with Crippen LogP contribution in [0.25, 0.3) is 27.1 Å². The van der Waals surface area contributed by atoms with Crippen molar-refractivity contribution in [2.45, 2.75) is 40.5 Å². The fourth-order valence-electron chi connectivity index (χ4n) is 4.01. The first-order valence-electron chi connectivity index (χ1n) is 9.26. The first kappa shape index (κ1) is 16.1.